The van der Waals surface area contributed by atoms with Gasteiger partial charge >= 0.3 is 0 Å². The zero-order chi connectivity index (χ0) is 22.8. The van der Waals surface area contributed by atoms with Gasteiger partial charge in [-0.3, -0.25) is 4.79 Å². The van der Waals surface area contributed by atoms with E-state index in [1.165, 1.54) is 16.4 Å². The number of carbonyl (C=O) groups is 1. The summed E-state index contributed by atoms with van der Waals surface area (Å²) in [5, 5.41) is 2.78. The molecule has 2 aromatic rings. The Labute approximate surface area is 184 Å². The molecule has 168 valence electrons. The topological polar surface area (TPSA) is 84.9 Å². The van der Waals surface area contributed by atoms with Crippen molar-refractivity contribution >= 4 is 21.6 Å². The molecule has 0 aromatic heterocycles. The molecular weight excluding hydrogens is 416 g/mol. The summed E-state index contributed by atoms with van der Waals surface area (Å²) in [6, 6.07) is 11.9. The molecule has 1 saturated heterocycles. The molecule has 0 saturated carbocycles. The zero-order valence-corrected chi connectivity index (χ0v) is 19.4. The van der Waals surface area contributed by atoms with Crippen LogP contribution in [0.3, 0.4) is 0 Å². The van der Waals surface area contributed by atoms with Crippen LogP contribution in [0.25, 0.3) is 0 Å². The second-order valence-corrected chi connectivity index (χ2v) is 9.99. The van der Waals surface area contributed by atoms with E-state index < -0.39 is 16.1 Å². The Kier molecular flexibility index (Phi) is 7.03. The molecule has 8 heteroatoms. The summed E-state index contributed by atoms with van der Waals surface area (Å²) in [4.78, 5) is 12.7. The standard InChI is InChI=1S/C23H30N2O5S/c1-15-7-6-8-22(18(15)4)30-19(5)23(26)24-20-9-11-21(12-10-20)31(27,28)25-13-16(2)29-17(3)14-25/h6-12,16-17,19H,13-14H2,1-5H3,(H,24,26)/t16-,17-,19-/m1/s1. The van der Waals surface area contributed by atoms with Crippen LogP contribution in [0, 0.1) is 13.8 Å². The Balaban J connectivity index is 1.66. The van der Waals surface area contributed by atoms with Gasteiger partial charge in [-0.05, 0) is 76.1 Å². The lowest BCUT2D eigenvalue weighted by Gasteiger charge is -2.34. The molecular formula is C23H30N2O5S. The predicted molar refractivity (Wildman–Crippen MR) is 120 cm³/mol. The molecule has 0 spiro atoms. The number of ether oxygens (including phenoxy) is 2. The average Bonchev–Trinajstić information content (AvgIpc) is 2.71. The minimum absolute atomic E-state index is 0.157. The van der Waals surface area contributed by atoms with Crippen molar-refractivity contribution < 1.29 is 22.7 Å². The van der Waals surface area contributed by atoms with E-state index in [-0.39, 0.29) is 23.0 Å². The number of amides is 1. The highest BCUT2D eigenvalue weighted by atomic mass is 32.2. The number of hydrogen-bond acceptors (Lipinski definition) is 5. The Morgan fingerprint density at radius 1 is 1.10 bits per heavy atom. The molecule has 3 atom stereocenters. The van der Waals surface area contributed by atoms with Crippen molar-refractivity contribution in [1.82, 2.24) is 4.31 Å². The lowest BCUT2D eigenvalue weighted by atomic mass is 10.1. The number of sulfonamides is 1. The van der Waals surface area contributed by atoms with E-state index in [4.69, 9.17) is 9.47 Å². The van der Waals surface area contributed by atoms with Crippen LogP contribution in [0.1, 0.15) is 31.9 Å². The number of nitrogens with zero attached hydrogens (tertiary/aromatic N) is 1. The van der Waals surface area contributed by atoms with Gasteiger partial charge in [0.25, 0.3) is 5.91 Å². The maximum absolute atomic E-state index is 12.9. The number of benzene rings is 2. The van der Waals surface area contributed by atoms with Gasteiger partial charge in [0.1, 0.15) is 5.75 Å². The molecule has 0 radical (unpaired) electrons. The maximum Gasteiger partial charge on any atom is 0.265 e. The summed E-state index contributed by atoms with van der Waals surface area (Å²) in [5.41, 5.74) is 2.58. The Bertz CT molecular complexity index is 1030. The van der Waals surface area contributed by atoms with Gasteiger partial charge in [-0.1, -0.05) is 12.1 Å². The number of carbonyl (C=O) groups excluding carboxylic acids is 1. The maximum atomic E-state index is 12.9. The second-order valence-electron chi connectivity index (χ2n) is 8.05. The first kappa shape index (κ1) is 23.2. The van der Waals surface area contributed by atoms with Crippen LogP contribution in [-0.4, -0.2) is 50.0 Å². The summed E-state index contributed by atoms with van der Waals surface area (Å²) in [6.07, 6.45) is -1.02. The molecule has 31 heavy (non-hydrogen) atoms. The van der Waals surface area contributed by atoms with Crippen LogP contribution in [-0.2, 0) is 19.6 Å². The highest BCUT2D eigenvalue weighted by molar-refractivity contribution is 7.89. The average molecular weight is 447 g/mol. The van der Waals surface area contributed by atoms with Crippen LogP contribution >= 0.6 is 0 Å². The third-order valence-electron chi connectivity index (χ3n) is 5.37. The van der Waals surface area contributed by atoms with Gasteiger partial charge in [0, 0.05) is 18.8 Å². The quantitative estimate of drug-likeness (QED) is 0.734. The van der Waals surface area contributed by atoms with Crippen molar-refractivity contribution in [3.8, 4) is 5.75 Å². The van der Waals surface area contributed by atoms with Crippen LogP contribution in [0.4, 0.5) is 5.69 Å². The number of hydrogen-bond donors (Lipinski definition) is 1. The van der Waals surface area contributed by atoms with Crippen molar-refractivity contribution in [3.05, 3.63) is 53.6 Å². The van der Waals surface area contributed by atoms with Gasteiger partial charge < -0.3 is 14.8 Å². The molecule has 1 fully saturated rings. The number of rotatable bonds is 6. The first-order valence-corrected chi connectivity index (χ1v) is 11.8. The van der Waals surface area contributed by atoms with Gasteiger partial charge in [-0.15, -0.1) is 0 Å². The predicted octanol–water partition coefficient (Wildman–Crippen LogP) is 3.51. The smallest absolute Gasteiger partial charge is 0.265 e. The van der Waals surface area contributed by atoms with E-state index in [1.54, 1.807) is 19.1 Å². The first-order chi connectivity index (χ1) is 14.6. The first-order valence-electron chi connectivity index (χ1n) is 10.4. The van der Waals surface area contributed by atoms with Crippen molar-refractivity contribution in [2.45, 2.75) is 57.8 Å². The van der Waals surface area contributed by atoms with E-state index in [1.807, 2.05) is 45.9 Å². The minimum Gasteiger partial charge on any atom is -0.481 e. The van der Waals surface area contributed by atoms with Crippen molar-refractivity contribution in [2.24, 2.45) is 0 Å². The number of anilines is 1. The summed E-state index contributed by atoms with van der Waals surface area (Å²) < 4.78 is 38.8. The van der Waals surface area contributed by atoms with Crippen molar-refractivity contribution in [3.63, 3.8) is 0 Å². The molecule has 3 rings (SSSR count). The summed E-state index contributed by atoms with van der Waals surface area (Å²) in [5.74, 6) is 0.352. The molecule has 1 aliphatic heterocycles. The third-order valence-corrected chi connectivity index (χ3v) is 7.22. The Morgan fingerprint density at radius 2 is 1.71 bits per heavy atom. The van der Waals surface area contributed by atoms with Crippen LogP contribution < -0.4 is 10.1 Å². The van der Waals surface area contributed by atoms with Gasteiger partial charge in [0.05, 0.1) is 17.1 Å². The summed E-state index contributed by atoms with van der Waals surface area (Å²) in [7, 11) is -3.62. The van der Waals surface area contributed by atoms with Crippen LogP contribution in [0.5, 0.6) is 5.75 Å². The second kappa shape index (κ2) is 9.38. The molecule has 2 aromatic carbocycles. The van der Waals surface area contributed by atoms with Crippen molar-refractivity contribution in [1.29, 1.82) is 0 Å². The Hall–Kier alpha value is -2.42. The zero-order valence-electron chi connectivity index (χ0n) is 18.6. The number of aryl methyl sites for hydroxylation is 1. The fourth-order valence-corrected chi connectivity index (χ4v) is 5.12. The highest BCUT2D eigenvalue weighted by Crippen LogP contribution is 2.24. The monoisotopic (exact) mass is 446 g/mol. The van der Waals surface area contributed by atoms with E-state index in [0.717, 1.165) is 11.1 Å². The fraction of sp³-hybridized carbons (Fsp3) is 0.435. The summed E-state index contributed by atoms with van der Waals surface area (Å²) >= 11 is 0. The fourth-order valence-electron chi connectivity index (χ4n) is 3.53. The van der Waals surface area contributed by atoms with E-state index in [9.17, 15) is 13.2 Å². The third kappa shape index (κ3) is 5.44. The molecule has 0 aliphatic carbocycles. The Morgan fingerprint density at radius 3 is 2.32 bits per heavy atom. The number of morpholine rings is 1. The van der Waals surface area contributed by atoms with Gasteiger partial charge in [-0.25, -0.2) is 8.42 Å². The largest absolute Gasteiger partial charge is 0.481 e. The molecule has 7 nitrogen and oxygen atoms in total. The minimum atomic E-state index is -3.62. The molecule has 1 N–H and O–H groups in total. The molecule has 1 heterocycles. The number of nitrogens with one attached hydrogen (secondary N) is 1. The van der Waals surface area contributed by atoms with E-state index in [0.29, 0.717) is 24.5 Å². The van der Waals surface area contributed by atoms with Gasteiger partial charge in [0.15, 0.2) is 6.10 Å². The highest BCUT2D eigenvalue weighted by Gasteiger charge is 2.32. The summed E-state index contributed by atoms with van der Waals surface area (Å²) in [6.45, 7) is 9.97. The lowest BCUT2D eigenvalue weighted by molar-refractivity contribution is -0.122. The van der Waals surface area contributed by atoms with E-state index in [2.05, 4.69) is 5.32 Å². The SMILES string of the molecule is Cc1cccc(O[C@H](C)C(=O)Nc2ccc(S(=O)(=O)N3C[C@@H](C)O[C@H](C)C3)cc2)c1C. The van der Waals surface area contributed by atoms with Crippen LogP contribution in [0.2, 0.25) is 0 Å². The molecule has 0 unspecified atom stereocenters. The van der Waals surface area contributed by atoms with Crippen molar-refractivity contribution in [2.75, 3.05) is 18.4 Å². The molecule has 1 aliphatic rings. The van der Waals surface area contributed by atoms with Crippen LogP contribution in [0.15, 0.2) is 47.4 Å². The van der Waals surface area contributed by atoms with E-state index >= 15 is 0 Å². The molecule has 0 bridgehead atoms. The molecule has 1 amide bonds. The normalized spacial score (nSPS) is 20.8. The lowest BCUT2D eigenvalue weighted by Crippen LogP contribution is -2.48. The van der Waals surface area contributed by atoms with Gasteiger partial charge in [0.2, 0.25) is 10.0 Å². The van der Waals surface area contributed by atoms with Gasteiger partial charge in [-0.2, -0.15) is 4.31 Å².